The SMILES string of the molecule is O=C(CN1CCN(Cc2ccc3c(c2)OCO3)CC1)Nc1ccc([N+](=O)[O-])cc1C(=O)c1ccccc1. The number of carbonyl (C=O) groups excluding carboxylic acids is 2. The minimum Gasteiger partial charge on any atom is -0.454 e. The number of ketones is 1. The number of piperazine rings is 1. The fraction of sp³-hybridized carbons (Fsp3) is 0.259. The van der Waals surface area contributed by atoms with Crippen LogP contribution in [-0.2, 0) is 11.3 Å². The number of fused-ring (bicyclic) bond motifs is 1. The Morgan fingerprint density at radius 1 is 0.892 bits per heavy atom. The van der Waals surface area contributed by atoms with Gasteiger partial charge in [-0.25, -0.2) is 0 Å². The molecule has 0 aliphatic carbocycles. The van der Waals surface area contributed by atoms with E-state index in [0.717, 1.165) is 36.7 Å². The van der Waals surface area contributed by atoms with E-state index in [4.69, 9.17) is 9.47 Å². The number of nitrogens with one attached hydrogen (secondary N) is 1. The zero-order valence-corrected chi connectivity index (χ0v) is 20.1. The van der Waals surface area contributed by atoms with Crippen molar-refractivity contribution < 1.29 is 24.0 Å². The van der Waals surface area contributed by atoms with E-state index in [-0.39, 0.29) is 36.2 Å². The van der Waals surface area contributed by atoms with Gasteiger partial charge in [0.05, 0.1) is 22.7 Å². The molecule has 5 rings (SSSR count). The maximum Gasteiger partial charge on any atom is 0.270 e. The van der Waals surface area contributed by atoms with Gasteiger partial charge in [0.15, 0.2) is 17.3 Å². The van der Waals surface area contributed by atoms with Crippen molar-refractivity contribution in [2.45, 2.75) is 6.54 Å². The Morgan fingerprint density at radius 3 is 2.38 bits per heavy atom. The molecule has 2 aliphatic rings. The van der Waals surface area contributed by atoms with Crippen molar-refractivity contribution in [1.82, 2.24) is 9.80 Å². The molecule has 0 atom stereocenters. The fourth-order valence-corrected chi connectivity index (χ4v) is 4.48. The van der Waals surface area contributed by atoms with E-state index in [1.54, 1.807) is 30.3 Å². The van der Waals surface area contributed by atoms with Gasteiger partial charge in [-0.05, 0) is 23.8 Å². The van der Waals surface area contributed by atoms with E-state index < -0.39 is 10.7 Å². The molecule has 0 aromatic heterocycles. The maximum atomic E-state index is 13.1. The molecular weight excluding hydrogens is 476 g/mol. The van der Waals surface area contributed by atoms with Crippen LogP contribution in [0.4, 0.5) is 11.4 Å². The Hall–Kier alpha value is -4.28. The number of nitro benzene ring substituents is 1. The van der Waals surface area contributed by atoms with Crippen molar-refractivity contribution in [3.05, 3.63) is 93.5 Å². The summed E-state index contributed by atoms with van der Waals surface area (Å²) in [5, 5.41) is 14.1. The zero-order valence-electron chi connectivity index (χ0n) is 20.1. The molecule has 1 N–H and O–H groups in total. The molecular formula is C27H26N4O6. The van der Waals surface area contributed by atoms with Crippen LogP contribution in [0.25, 0.3) is 0 Å². The molecule has 0 spiro atoms. The number of benzene rings is 3. The van der Waals surface area contributed by atoms with Crippen LogP contribution < -0.4 is 14.8 Å². The summed E-state index contributed by atoms with van der Waals surface area (Å²) in [7, 11) is 0. The largest absolute Gasteiger partial charge is 0.454 e. The molecule has 10 heteroatoms. The van der Waals surface area contributed by atoms with Crippen molar-refractivity contribution in [2.75, 3.05) is 44.8 Å². The lowest BCUT2D eigenvalue weighted by Crippen LogP contribution is -2.48. The van der Waals surface area contributed by atoms with Crippen molar-refractivity contribution in [3.63, 3.8) is 0 Å². The molecule has 2 heterocycles. The third-order valence-corrected chi connectivity index (χ3v) is 6.44. The van der Waals surface area contributed by atoms with E-state index >= 15 is 0 Å². The van der Waals surface area contributed by atoms with Crippen LogP contribution in [0.15, 0.2) is 66.7 Å². The predicted octanol–water partition coefficient (Wildman–Crippen LogP) is 3.31. The number of ether oxygens (including phenoxy) is 2. The van der Waals surface area contributed by atoms with Gasteiger partial charge in [-0.3, -0.25) is 29.5 Å². The molecule has 3 aromatic rings. The van der Waals surface area contributed by atoms with Crippen LogP contribution in [0.1, 0.15) is 21.5 Å². The van der Waals surface area contributed by atoms with E-state index in [1.165, 1.54) is 18.2 Å². The van der Waals surface area contributed by atoms with Gasteiger partial charge in [-0.2, -0.15) is 0 Å². The number of non-ortho nitro benzene ring substituents is 1. The van der Waals surface area contributed by atoms with Crippen LogP contribution in [-0.4, -0.2) is 65.9 Å². The lowest BCUT2D eigenvalue weighted by molar-refractivity contribution is -0.384. The highest BCUT2D eigenvalue weighted by molar-refractivity contribution is 6.14. The number of hydrogen-bond donors (Lipinski definition) is 1. The standard InChI is InChI=1S/C27H26N4O6/c32-26(17-30-12-10-29(11-13-30)16-19-6-9-24-25(14-19)37-18-36-24)28-23-8-7-21(31(34)35)15-22(23)27(33)20-4-2-1-3-5-20/h1-9,14-15H,10-13,16-18H2,(H,28,32). The number of carbonyl (C=O) groups is 2. The average Bonchev–Trinajstić information content (AvgIpc) is 3.38. The highest BCUT2D eigenvalue weighted by Crippen LogP contribution is 2.33. The topological polar surface area (TPSA) is 114 Å². The first-order valence-electron chi connectivity index (χ1n) is 12.0. The van der Waals surface area contributed by atoms with Gasteiger partial charge in [0, 0.05) is 50.4 Å². The van der Waals surface area contributed by atoms with Crippen molar-refractivity contribution in [1.29, 1.82) is 0 Å². The van der Waals surface area contributed by atoms with Crippen LogP contribution >= 0.6 is 0 Å². The molecule has 190 valence electrons. The number of hydrogen-bond acceptors (Lipinski definition) is 8. The first-order valence-corrected chi connectivity index (χ1v) is 12.0. The van der Waals surface area contributed by atoms with E-state index in [0.29, 0.717) is 18.7 Å². The Labute approximate surface area is 213 Å². The van der Waals surface area contributed by atoms with Crippen molar-refractivity contribution >= 4 is 23.1 Å². The van der Waals surface area contributed by atoms with Crippen LogP contribution in [0.5, 0.6) is 11.5 Å². The molecule has 37 heavy (non-hydrogen) atoms. The lowest BCUT2D eigenvalue weighted by atomic mass is 10.0. The summed E-state index contributed by atoms with van der Waals surface area (Å²) in [6.45, 7) is 4.23. The van der Waals surface area contributed by atoms with E-state index in [1.807, 2.05) is 18.2 Å². The van der Waals surface area contributed by atoms with Crippen molar-refractivity contribution in [3.8, 4) is 11.5 Å². The highest BCUT2D eigenvalue weighted by atomic mass is 16.7. The summed E-state index contributed by atoms with van der Waals surface area (Å²) < 4.78 is 10.8. The summed E-state index contributed by atoms with van der Waals surface area (Å²) in [6, 6.07) is 18.3. The van der Waals surface area contributed by atoms with Crippen LogP contribution in [0.3, 0.4) is 0 Å². The molecule has 10 nitrogen and oxygen atoms in total. The Morgan fingerprint density at radius 2 is 1.62 bits per heavy atom. The molecule has 0 saturated carbocycles. The van der Waals surface area contributed by atoms with Crippen LogP contribution in [0, 0.1) is 10.1 Å². The monoisotopic (exact) mass is 502 g/mol. The van der Waals surface area contributed by atoms with Gasteiger partial charge in [-0.1, -0.05) is 36.4 Å². The van der Waals surface area contributed by atoms with Crippen molar-refractivity contribution in [2.24, 2.45) is 0 Å². The molecule has 1 amide bonds. The fourth-order valence-electron chi connectivity index (χ4n) is 4.48. The number of nitro groups is 1. The first-order chi connectivity index (χ1) is 18.0. The van der Waals surface area contributed by atoms with Gasteiger partial charge in [0.25, 0.3) is 5.69 Å². The Balaban J connectivity index is 1.19. The molecule has 2 aliphatic heterocycles. The minimum absolute atomic E-state index is 0.0855. The van der Waals surface area contributed by atoms with E-state index in [9.17, 15) is 19.7 Å². The molecule has 0 radical (unpaired) electrons. The summed E-state index contributed by atoms with van der Waals surface area (Å²) in [5.74, 6) is 0.863. The zero-order chi connectivity index (χ0) is 25.8. The predicted molar refractivity (Wildman–Crippen MR) is 136 cm³/mol. The van der Waals surface area contributed by atoms with Gasteiger partial charge in [-0.15, -0.1) is 0 Å². The minimum atomic E-state index is -0.559. The maximum absolute atomic E-state index is 13.1. The molecule has 1 fully saturated rings. The molecule has 0 bridgehead atoms. The molecule has 0 unspecified atom stereocenters. The second-order valence-electron chi connectivity index (χ2n) is 8.97. The molecule has 3 aromatic carbocycles. The third-order valence-electron chi connectivity index (χ3n) is 6.44. The van der Waals surface area contributed by atoms with Gasteiger partial charge in [0.2, 0.25) is 12.7 Å². The quantitative estimate of drug-likeness (QED) is 0.284. The van der Waals surface area contributed by atoms with Gasteiger partial charge >= 0.3 is 0 Å². The summed E-state index contributed by atoms with van der Waals surface area (Å²) in [4.78, 5) is 41.0. The van der Waals surface area contributed by atoms with Crippen LogP contribution in [0.2, 0.25) is 0 Å². The second-order valence-corrected chi connectivity index (χ2v) is 8.97. The van der Waals surface area contributed by atoms with E-state index in [2.05, 4.69) is 15.1 Å². The summed E-state index contributed by atoms with van der Waals surface area (Å²) in [5.41, 5.74) is 1.66. The number of anilines is 1. The number of nitrogens with zero attached hydrogens (tertiary/aromatic N) is 3. The first kappa shape index (κ1) is 24.4. The third kappa shape index (κ3) is 5.76. The normalized spacial score (nSPS) is 15.4. The Kier molecular flexibility index (Phi) is 7.11. The Bertz CT molecular complexity index is 1320. The molecule has 1 saturated heterocycles. The van der Waals surface area contributed by atoms with Gasteiger partial charge < -0.3 is 14.8 Å². The highest BCUT2D eigenvalue weighted by Gasteiger charge is 2.23. The summed E-state index contributed by atoms with van der Waals surface area (Å²) >= 11 is 0. The number of rotatable bonds is 8. The average molecular weight is 503 g/mol. The number of amides is 1. The lowest BCUT2D eigenvalue weighted by Gasteiger charge is -2.34. The smallest absolute Gasteiger partial charge is 0.270 e. The summed E-state index contributed by atoms with van der Waals surface area (Å²) in [6.07, 6.45) is 0. The van der Waals surface area contributed by atoms with Gasteiger partial charge in [0.1, 0.15) is 0 Å². The second kappa shape index (κ2) is 10.8.